The fourth-order valence-corrected chi connectivity index (χ4v) is 3.57. The number of fused-ring (bicyclic) bond motifs is 1. The largest absolute Gasteiger partial charge is 0.350 e. The van der Waals surface area contributed by atoms with Crippen molar-refractivity contribution in [1.82, 2.24) is 24.6 Å². The van der Waals surface area contributed by atoms with Crippen LogP contribution >= 0.6 is 31.9 Å². The van der Waals surface area contributed by atoms with E-state index in [-0.39, 0.29) is 11.5 Å². The van der Waals surface area contributed by atoms with Crippen molar-refractivity contribution in [2.75, 3.05) is 6.54 Å². The third-order valence-corrected chi connectivity index (χ3v) is 5.66. The van der Waals surface area contributed by atoms with Crippen LogP contribution in [0.3, 0.4) is 0 Å². The molecule has 1 amide bonds. The number of hydrogen-bond acceptors (Lipinski definition) is 4. The zero-order valence-electron chi connectivity index (χ0n) is 15.8. The highest BCUT2D eigenvalue weighted by molar-refractivity contribution is 9.10. The van der Waals surface area contributed by atoms with Crippen molar-refractivity contribution in [3.05, 3.63) is 91.5 Å². The van der Waals surface area contributed by atoms with Gasteiger partial charge in [0, 0.05) is 21.1 Å². The Morgan fingerprint density at radius 1 is 1.00 bits per heavy atom. The van der Waals surface area contributed by atoms with E-state index in [1.54, 1.807) is 21.4 Å². The van der Waals surface area contributed by atoms with Gasteiger partial charge in [-0.05, 0) is 42.0 Å². The summed E-state index contributed by atoms with van der Waals surface area (Å²) in [5.41, 5.74) is 1.94. The number of amides is 1. The molecule has 0 unspecified atom stereocenters. The Labute approximate surface area is 189 Å². The standard InChI is InChI=1S/C21H17Br2N5O2/c22-16-5-1-14(2-6-16)12-27-13-25-19-18(21(27)30)11-26-28(19)10-9-24-20(29)15-3-7-17(23)8-4-15/h1-8,11,13H,9-10,12H2,(H,24,29). The van der Waals surface area contributed by atoms with E-state index < -0.39 is 0 Å². The predicted octanol–water partition coefficient (Wildman–Crippen LogP) is 3.60. The monoisotopic (exact) mass is 529 g/mol. The molecule has 0 atom stereocenters. The molecule has 2 aromatic carbocycles. The van der Waals surface area contributed by atoms with Crippen LogP contribution in [0, 0.1) is 0 Å². The summed E-state index contributed by atoms with van der Waals surface area (Å²) in [6.07, 6.45) is 3.06. The van der Waals surface area contributed by atoms with E-state index in [4.69, 9.17) is 0 Å². The maximum atomic E-state index is 12.8. The van der Waals surface area contributed by atoms with Gasteiger partial charge in [-0.25, -0.2) is 9.67 Å². The lowest BCUT2D eigenvalue weighted by molar-refractivity contribution is 0.0952. The summed E-state index contributed by atoms with van der Waals surface area (Å²) in [4.78, 5) is 29.4. The van der Waals surface area contributed by atoms with E-state index in [0.717, 1.165) is 14.5 Å². The molecule has 0 aliphatic rings. The van der Waals surface area contributed by atoms with Crippen LogP contribution in [0.1, 0.15) is 15.9 Å². The van der Waals surface area contributed by atoms with Crippen LogP contribution in [0.4, 0.5) is 0 Å². The van der Waals surface area contributed by atoms with Gasteiger partial charge in [0.1, 0.15) is 11.7 Å². The minimum Gasteiger partial charge on any atom is -0.350 e. The van der Waals surface area contributed by atoms with E-state index >= 15 is 0 Å². The highest BCUT2D eigenvalue weighted by Crippen LogP contribution is 2.12. The van der Waals surface area contributed by atoms with Crippen LogP contribution in [-0.2, 0) is 13.1 Å². The first-order valence-electron chi connectivity index (χ1n) is 9.20. The fraction of sp³-hybridized carbons (Fsp3) is 0.143. The Morgan fingerprint density at radius 3 is 2.37 bits per heavy atom. The molecule has 152 valence electrons. The molecule has 0 bridgehead atoms. The topological polar surface area (TPSA) is 81.8 Å². The molecule has 0 saturated carbocycles. The molecular weight excluding hydrogens is 514 g/mol. The minimum absolute atomic E-state index is 0.145. The molecule has 0 fully saturated rings. The minimum atomic E-state index is -0.163. The first-order chi connectivity index (χ1) is 14.5. The van der Waals surface area contributed by atoms with E-state index in [9.17, 15) is 9.59 Å². The summed E-state index contributed by atoms with van der Waals surface area (Å²) in [6, 6.07) is 14.9. The number of nitrogens with zero attached hydrogens (tertiary/aromatic N) is 4. The maximum Gasteiger partial charge on any atom is 0.264 e. The number of carbonyl (C=O) groups excluding carboxylic acids is 1. The summed E-state index contributed by atoms with van der Waals surface area (Å²) >= 11 is 6.76. The summed E-state index contributed by atoms with van der Waals surface area (Å²) < 4.78 is 5.09. The average molecular weight is 531 g/mol. The molecule has 7 nitrogen and oxygen atoms in total. The van der Waals surface area contributed by atoms with Gasteiger partial charge in [-0.1, -0.05) is 44.0 Å². The van der Waals surface area contributed by atoms with Crippen molar-refractivity contribution in [2.24, 2.45) is 0 Å². The SMILES string of the molecule is O=C(NCCn1ncc2c(=O)n(Cc3ccc(Br)cc3)cnc21)c1ccc(Br)cc1. The van der Waals surface area contributed by atoms with Crippen LogP contribution in [0.2, 0.25) is 0 Å². The van der Waals surface area contributed by atoms with Crippen molar-refractivity contribution in [1.29, 1.82) is 0 Å². The van der Waals surface area contributed by atoms with Crippen molar-refractivity contribution in [3.63, 3.8) is 0 Å². The highest BCUT2D eigenvalue weighted by Gasteiger charge is 2.11. The van der Waals surface area contributed by atoms with Gasteiger partial charge < -0.3 is 5.32 Å². The van der Waals surface area contributed by atoms with Crippen molar-refractivity contribution < 1.29 is 4.79 Å². The lowest BCUT2D eigenvalue weighted by Gasteiger charge is -2.08. The van der Waals surface area contributed by atoms with Gasteiger partial charge in [0.25, 0.3) is 11.5 Å². The van der Waals surface area contributed by atoms with Gasteiger partial charge in [0.2, 0.25) is 0 Å². The lowest BCUT2D eigenvalue weighted by atomic mass is 10.2. The van der Waals surface area contributed by atoms with E-state index in [1.165, 1.54) is 12.5 Å². The van der Waals surface area contributed by atoms with Crippen molar-refractivity contribution >= 4 is 48.8 Å². The molecule has 2 aromatic heterocycles. The normalized spacial score (nSPS) is 11.0. The highest BCUT2D eigenvalue weighted by atomic mass is 79.9. The molecule has 0 aliphatic carbocycles. The summed E-state index contributed by atoms with van der Waals surface area (Å²) in [6.45, 7) is 1.22. The Kier molecular flexibility index (Phi) is 6.10. The number of rotatable bonds is 6. The number of hydrogen-bond donors (Lipinski definition) is 1. The van der Waals surface area contributed by atoms with E-state index in [2.05, 4.69) is 47.3 Å². The second-order valence-electron chi connectivity index (χ2n) is 6.67. The maximum absolute atomic E-state index is 12.8. The van der Waals surface area contributed by atoms with Crippen molar-refractivity contribution in [2.45, 2.75) is 13.1 Å². The first kappa shape index (κ1) is 20.5. The Balaban J connectivity index is 1.45. The average Bonchev–Trinajstić information content (AvgIpc) is 3.16. The number of carbonyl (C=O) groups is 1. The molecule has 0 radical (unpaired) electrons. The summed E-state index contributed by atoms with van der Waals surface area (Å²) in [5.74, 6) is -0.163. The Morgan fingerprint density at radius 2 is 1.67 bits per heavy atom. The summed E-state index contributed by atoms with van der Waals surface area (Å²) in [5, 5.41) is 7.58. The van der Waals surface area contributed by atoms with Gasteiger partial charge in [-0.3, -0.25) is 14.2 Å². The molecular formula is C21H17Br2N5O2. The third-order valence-electron chi connectivity index (χ3n) is 4.60. The molecule has 4 rings (SSSR count). The number of nitrogens with one attached hydrogen (secondary N) is 1. The number of aromatic nitrogens is 4. The predicted molar refractivity (Wildman–Crippen MR) is 122 cm³/mol. The second-order valence-corrected chi connectivity index (χ2v) is 8.50. The van der Waals surface area contributed by atoms with Crippen LogP contribution in [0.15, 0.2) is 74.8 Å². The van der Waals surface area contributed by atoms with Crippen LogP contribution in [0.25, 0.3) is 11.0 Å². The van der Waals surface area contributed by atoms with Crippen LogP contribution < -0.4 is 10.9 Å². The number of halogens is 2. The molecule has 1 N–H and O–H groups in total. The summed E-state index contributed by atoms with van der Waals surface area (Å²) in [7, 11) is 0. The molecule has 30 heavy (non-hydrogen) atoms. The Bertz CT molecular complexity index is 1250. The molecule has 2 heterocycles. The quantitative estimate of drug-likeness (QED) is 0.413. The Hall–Kier alpha value is -2.78. The van der Waals surface area contributed by atoms with Gasteiger partial charge in [-0.15, -0.1) is 0 Å². The fourth-order valence-electron chi connectivity index (χ4n) is 3.04. The van der Waals surface area contributed by atoms with Gasteiger partial charge in [0.05, 0.1) is 19.3 Å². The van der Waals surface area contributed by atoms with Gasteiger partial charge in [-0.2, -0.15) is 5.10 Å². The molecule has 0 spiro atoms. The molecule has 0 saturated heterocycles. The second kappa shape index (κ2) is 8.93. The van der Waals surface area contributed by atoms with Crippen LogP contribution in [-0.4, -0.2) is 31.8 Å². The zero-order chi connectivity index (χ0) is 21.1. The van der Waals surface area contributed by atoms with Gasteiger partial charge >= 0.3 is 0 Å². The lowest BCUT2D eigenvalue weighted by Crippen LogP contribution is -2.27. The van der Waals surface area contributed by atoms with Crippen LogP contribution in [0.5, 0.6) is 0 Å². The van der Waals surface area contributed by atoms with Gasteiger partial charge in [0.15, 0.2) is 5.65 Å². The zero-order valence-corrected chi connectivity index (χ0v) is 18.9. The molecule has 0 aliphatic heterocycles. The van der Waals surface area contributed by atoms with Crippen molar-refractivity contribution in [3.8, 4) is 0 Å². The first-order valence-corrected chi connectivity index (χ1v) is 10.8. The molecule has 4 aromatic rings. The van der Waals surface area contributed by atoms with E-state index in [0.29, 0.717) is 36.2 Å². The van der Waals surface area contributed by atoms with E-state index in [1.807, 2.05) is 36.4 Å². The molecule has 9 heteroatoms. The smallest absolute Gasteiger partial charge is 0.264 e. The third kappa shape index (κ3) is 4.52. The number of benzene rings is 2.